The molecule has 2 rings (SSSR count). The Kier molecular flexibility index (Phi) is 6.67. The molecule has 140 valence electrons. The van der Waals surface area contributed by atoms with Gasteiger partial charge in [-0.05, 0) is 55.2 Å². The molecule has 0 heterocycles. The molecule has 0 unspecified atom stereocenters. The van der Waals surface area contributed by atoms with E-state index in [2.05, 4.69) is 38.2 Å². The van der Waals surface area contributed by atoms with Gasteiger partial charge in [0.05, 0.1) is 6.61 Å². The van der Waals surface area contributed by atoms with Crippen LogP contribution in [-0.4, -0.2) is 19.1 Å². The van der Waals surface area contributed by atoms with Crippen molar-refractivity contribution < 1.29 is 14.3 Å². The van der Waals surface area contributed by atoms with Crippen molar-refractivity contribution in [1.29, 1.82) is 0 Å². The van der Waals surface area contributed by atoms with Gasteiger partial charge in [-0.2, -0.15) is 0 Å². The number of carbonyl (C=O) groups excluding carboxylic acids is 1. The van der Waals surface area contributed by atoms with Crippen LogP contribution < -0.4 is 14.8 Å². The van der Waals surface area contributed by atoms with E-state index in [1.807, 2.05) is 38.1 Å². The maximum atomic E-state index is 12.1. The molecule has 0 radical (unpaired) electrons. The van der Waals surface area contributed by atoms with Gasteiger partial charge in [-0.3, -0.25) is 4.79 Å². The van der Waals surface area contributed by atoms with E-state index < -0.39 is 0 Å². The van der Waals surface area contributed by atoms with Gasteiger partial charge < -0.3 is 14.8 Å². The molecule has 0 aliphatic rings. The Morgan fingerprint density at radius 1 is 1.00 bits per heavy atom. The highest BCUT2D eigenvalue weighted by molar-refractivity contribution is 5.94. The molecule has 0 saturated carbocycles. The fourth-order valence-electron chi connectivity index (χ4n) is 2.60. The number of hydrogen-bond donors (Lipinski definition) is 1. The summed E-state index contributed by atoms with van der Waals surface area (Å²) in [5, 5.41) is 2.81. The van der Waals surface area contributed by atoms with E-state index in [0.29, 0.717) is 25.3 Å². The van der Waals surface area contributed by atoms with Crippen molar-refractivity contribution in [3.63, 3.8) is 0 Å². The molecule has 4 nitrogen and oxygen atoms in total. The van der Waals surface area contributed by atoms with Crippen LogP contribution in [0.3, 0.4) is 0 Å². The summed E-state index contributed by atoms with van der Waals surface area (Å²) in [5.74, 6) is 1.45. The maximum Gasteiger partial charge on any atom is 0.251 e. The lowest BCUT2D eigenvalue weighted by Gasteiger charge is -2.19. The summed E-state index contributed by atoms with van der Waals surface area (Å²) < 4.78 is 11.6. The second-order valence-corrected chi connectivity index (χ2v) is 7.18. The first-order valence-corrected chi connectivity index (χ1v) is 9.12. The van der Waals surface area contributed by atoms with Crippen LogP contribution in [0, 0.1) is 0 Å². The minimum absolute atomic E-state index is 0.0914. The van der Waals surface area contributed by atoms with Crippen molar-refractivity contribution in [1.82, 2.24) is 5.32 Å². The highest BCUT2D eigenvalue weighted by atomic mass is 16.5. The molecule has 1 amide bonds. The van der Waals surface area contributed by atoms with Crippen LogP contribution in [0.5, 0.6) is 11.5 Å². The number of ether oxygens (including phenoxy) is 2. The molecule has 0 aromatic heterocycles. The highest BCUT2D eigenvalue weighted by Crippen LogP contribution is 2.26. The first-order chi connectivity index (χ1) is 12.3. The molecule has 4 heteroatoms. The van der Waals surface area contributed by atoms with Crippen molar-refractivity contribution in [2.75, 3.05) is 13.2 Å². The van der Waals surface area contributed by atoms with Crippen LogP contribution in [0.2, 0.25) is 0 Å². The molecule has 0 aliphatic carbocycles. The Hall–Kier alpha value is -2.49. The van der Waals surface area contributed by atoms with Crippen molar-refractivity contribution in [2.45, 2.75) is 46.6 Å². The largest absolute Gasteiger partial charge is 0.493 e. The minimum Gasteiger partial charge on any atom is -0.493 e. The van der Waals surface area contributed by atoms with E-state index in [0.717, 1.165) is 17.1 Å². The van der Waals surface area contributed by atoms with Gasteiger partial charge >= 0.3 is 0 Å². The Labute approximate surface area is 156 Å². The van der Waals surface area contributed by atoms with Crippen LogP contribution in [0.1, 0.15) is 56.1 Å². The number of carbonyl (C=O) groups is 1. The zero-order valence-electron chi connectivity index (χ0n) is 16.4. The Morgan fingerprint density at radius 2 is 1.69 bits per heavy atom. The van der Waals surface area contributed by atoms with Crippen LogP contribution >= 0.6 is 0 Å². The summed E-state index contributed by atoms with van der Waals surface area (Å²) in [5.41, 5.74) is 2.84. The number of hydrogen-bond acceptors (Lipinski definition) is 3. The molecule has 0 saturated heterocycles. The van der Waals surface area contributed by atoms with Crippen molar-refractivity contribution in [3.05, 3.63) is 59.2 Å². The lowest BCUT2D eigenvalue weighted by molar-refractivity contribution is 0.0955. The van der Waals surface area contributed by atoms with E-state index >= 15 is 0 Å². The topological polar surface area (TPSA) is 47.6 Å². The molecule has 0 bridgehead atoms. The average Bonchev–Trinajstić information content (AvgIpc) is 2.61. The van der Waals surface area contributed by atoms with Gasteiger partial charge in [-0.25, -0.2) is 0 Å². The summed E-state index contributed by atoms with van der Waals surface area (Å²) in [6, 6.07) is 13.6. The van der Waals surface area contributed by atoms with Crippen molar-refractivity contribution in [2.24, 2.45) is 0 Å². The molecule has 26 heavy (non-hydrogen) atoms. The predicted octanol–water partition coefficient (Wildman–Crippen LogP) is 4.71. The van der Waals surface area contributed by atoms with Crippen molar-refractivity contribution >= 4 is 5.91 Å². The predicted molar refractivity (Wildman–Crippen MR) is 105 cm³/mol. The molecule has 1 N–H and O–H groups in total. The second-order valence-electron chi connectivity index (χ2n) is 7.18. The number of rotatable bonds is 7. The lowest BCUT2D eigenvalue weighted by atomic mass is 9.87. The lowest BCUT2D eigenvalue weighted by Crippen LogP contribution is -2.22. The fourth-order valence-corrected chi connectivity index (χ4v) is 2.60. The van der Waals surface area contributed by atoms with Gasteiger partial charge in [0.15, 0.2) is 0 Å². The standard InChI is InChI=1S/C22H29NO3/c1-6-23-21(24)16-8-13-20(25-7-2)17(14-16)15-26-19-11-9-18(10-12-19)22(3,4)5/h8-14H,6-7,15H2,1-5H3,(H,23,24). The van der Waals surface area contributed by atoms with Crippen LogP contribution in [0.15, 0.2) is 42.5 Å². The molecule has 0 spiro atoms. The van der Waals surface area contributed by atoms with Crippen molar-refractivity contribution in [3.8, 4) is 11.5 Å². The Bertz CT molecular complexity index is 730. The van der Waals surface area contributed by atoms with E-state index in [4.69, 9.17) is 9.47 Å². The van der Waals surface area contributed by atoms with Gasteiger partial charge in [0.2, 0.25) is 0 Å². The number of nitrogens with one attached hydrogen (secondary N) is 1. The minimum atomic E-state index is -0.0914. The van der Waals surface area contributed by atoms with Gasteiger partial charge in [0.25, 0.3) is 5.91 Å². The zero-order valence-corrected chi connectivity index (χ0v) is 16.4. The summed E-state index contributed by atoms with van der Waals surface area (Å²) in [7, 11) is 0. The third-order valence-corrected chi connectivity index (χ3v) is 4.07. The molecular weight excluding hydrogens is 326 g/mol. The molecule has 2 aromatic rings. The first-order valence-electron chi connectivity index (χ1n) is 9.12. The molecule has 0 fully saturated rings. The van der Waals surface area contributed by atoms with E-state index in [-0.39, 0.29) is 11.3 Å². The zero-order chi connectivity index (χ0) is 19.2. The van der Waals surface area contributed by atoms with Crippen LogP contribution in [0.25, 0.3) is 0 Å². The average molecular weight is 355 g/mol. The summed E-state index contributed by atoms with van der Waals surface area (Å²) in [6.07, 6.45) is 0. The number of amides is 1. The fraction of sp³-hybridized carbons (Fsp3) is 0.409. The van der Waals surface area contributed by atoms with Gasteiger partial charge in [-0.1, -0.05) is 32.9 Å². The monoisotopic (exact) mass is 355 g/mol. The highest BCUT2D eigenvalue weighted by Gasteiger charge is 2.14. The van der Waals surface area contributed by atoms with Gasteiger partial charge in [0.1, 0.15) is 18.1 Å². The van der Waals surface area contributed by atoms with E-state index in [1.54, 1.807) is 6.07 Å². The van der Waals surface area contributed by atoms with Gasteiger partial charge in [-0.15, -0.1) is 0 Å². The second kappa shape index (κ2) is 8.75. The van der Waals surface area contributed by atoms with E-state index in [9.17, 15) is 4.79 Å². The SMILES string of the molecule is CCNC(=O)c1ccc(OCC)c(COc2ccc(C(C)(C)C)cc2)c1. The third kappa shape index (κ3) is 5.25. The van der Waals surface area contributed by atoms with Crippen LogP contribution in [-0.2, 0) is 12.0 Å². The quantitative estimate of drug-likeness (QED) is 0.782. The van der Waals surface area contributed by atoms with Crippen LogP contribution in [0.4, 0.5) is 0 Å². The molecular formula is C22H29NO3. The van der Waals surface area contributed by atoms with Gasteiger partial charge in [0, 0.05) is 17.7 Å². The summed E-state index contributed by atoms with van der Waals surface area (Å²) in [6.45, 7) is 11.9. The van der Waals surface area contributed by atoms with E-state index in [1.165, 1.54) is 5.56 Å². The first kappa shape index (κ1) is 19.8. The summed E-state index contributed by atoms with van der Waals surface area (Å²) in [4.78, 5) is 12.1. The molecule has 0 atom stereocenters. The Morgan fingerprint density at radius 3 is 2.27 bits per heavy atom. The normalized spacial score (nSPS) is 11.1. The Balaban J connectivity index is 2.16. The number of benzene rings is 2. The molecule has 0 aliphatic heterocycles. The third-order valence-electron chi connectivity index (χ3n) is 4.07. The smallest absolute Gasteiger partial charge is 0.251 e. The molecule has 2 aromatic carbocycles. The maximum absolute atomic E-state index is 12.1. The summed E-state index contributed by atoms with van der Waals surface area (Å²) >= 11 is 0.